The number of anilines is 1. The third kappa shape index (κ3) is 4.73. The molecule has 2 amide bonds. The molecular weight excluding hydrogens is 434 g/mol. The van der Waals surface area contributed by atoms with Gasteiger partial charge in [-0.05, 0) is 63.4 Å². The number of rotatable bonds is 10. The maximum Gasteiger partial charge on any atom is 0.270 e. The zero-order chi connectivity index (χ0) is 23.8. The molecule has 34 heavy (non-hydrogen) atoms. The van der Waals surface area contributed by atoms with Crippen molar-refractivity contribution < 1.29 is 9.59 Å². The van der Waals surface area contributed by atoms with Crippen LogP contribution in [0.5, 0.6) is 0 Å². The van der Waals surface area contributed by atoms with Crippen LogP contribution in [0.1, 0.15) is 61.9 Å². The molecule has 2 N–H and O–H groups in total. The molecule has 5 rings (SSSR count). The molecule has 2 aliphatic rings. The summed E-state index contributed by atoms with van der Waals surface area (Å²) in [5, 5.41) is 22.6. The van der Waals surface area contributed by atoms with Crippen LogP contribution >= 0.6 is 0 Å². The van der Waals surface area contributed by atoms with Crippen molar-refractivity contribution >= 4 is 17.5 Å². The number of hydrogen-bond acceptors (Lipinski definition) is 6. The minimum Gasteiger partial charge on any atom is -0.339 e. The molecule has 0 aliphatic heterocycles. The Bertz CT molecular complexity index is 1160. The van der Waals surface area contributed by atoms with E-state index in [0.717, 1.165) is 31.5 Å². The lowest BCUT2D eigenvalue weighted by molar-refractivity contribution is -0.119. The minimum absolute atomic E-state index is 0.0467. The quantitative estimate of drug-likeness (QED) is 0.472. The molecule has 11 nitrogen and oxygen atoms in total. The molecule has 0 radical (unpaired) electrons. The number of aromatic nitrogens is 7. The fourth-order valence-electron chi connectivity index (χ4n) is 4.68. The van der Waals surface area contributed by atoms with Crippen LogP contribution in [0, 0.1) is 17.8 Å². The van der Waals surface area contributed by atoms with Gasteiger partial charge in [-0.25, -0.2) is 0 Å². The highest BCUT2D eigenvalue weighted by Gasteiger charge is 2.48. The van der Waals surface area contributed by atoms with Gasteiger partial charge in [-0.3, -0.25) is 19.0 Å². The number of aryl methyl sites for hydroxylation is 1. The number of nitrogens with one attached hydrogen (secondary N) is 2. The summed E-state index contributed by atoms with van der Waals surface area (Å²) in [4.78, 5) is 26.7. The van der Waals surface area contributed by atoms with Crippen LogP contribution in [0.2, 0.25) is 0 Å². The summed E-state index contributed by atoms with van der Waals surface area (Å²) in [6, 6.07) is 1.14. The first kappa shape index (κ1) is 22.3. The molecule has 2 aliphatic carbocycles. The normalized spacial score (nSPS) is 16.7. The SMILES string of the molecule is CC(C)n1nccc1C(=O)N[C@H](C(=O)Nc1cnn(Cc2nncn2C)c1)C(C1CC1)C1CC1. The van der Waals surface area contributed by atoms with E-state index in [1.807, 2.05) is 25.5 Å². The molecule has 0 unspecified atom stereocenters. The van der Waals surface area contributed by atoms with Crippen molar-refractivity contribution in [2.75, 3.05) is 5.32 Å². The van der Waals surface area contributed by atoms with E-state index < -0.39 is 6.04 Å². The number of carbonyl (C=O) groups excluding carboxylic acids is 2. The fraction of sp³-hybridized carbons (Fsp3) is 0.565. The van der Waals surface area contributed by atoms with Gasteiger partial charge in [0.1, 0.15) is 24.6 Å². The maximum absolute atomic E-state index is 13.5. The highest BCUT2D eigenvalue weighted by Crippen LogP contribution is 2.50. The molecule has 2 saturated carbocycles. The van der Waals surface area contributed by atoms with Crippen LogP contribution in [0.3, 0.4) is 0 Å². The summed E-state index contributed by atoms with van der Waals surface area (Å²) < 4.78 is 5.21. The van der Waals surface area contributed by atoms with E-state index in [4.69, 9.17) is 0 Å². The Hall–Kier alpha value is -3.50. The monoisotopic (exact) mass is 465 g/mol. The number of amides is 2. The van der Waals surface area contributed by atoms with Gasteiger partial charge in [-0.15, -0.1) is 10.2 Å². The Morgan fingerprint density at radius 3 is 2.50 bits per heavy atom. The van der Waals surface area contributed by atoms with Crippen molar-refractivity contribution in [2.45, 2.75) is 58.2 Å². The minimum atomic E-state index is -0.606. The van der Waals surface area contributed by atoms with Gasteiger partial charge < -0.3 is 15.2 Å². The van der Waals surface area contributed by atoms with E-state index in [1.165, 1.54) is 0 Å². The van der Waals surface area contributed by atoms with Crippen LogP contribution in [-0.4, -0.2) is 52.2 Å². The topological polar surface area (TPSA) is 125 Å². The zero-order valence-electron chi connectivity index (χ0n) is 19.8. The zero-order valence-corrected chi connectivity index (χ0v) is 19.8. The first-order valence-electron chi connectivity index (χ1n) is 11.9. The summed E-state index contributed by atoms with van der Waals surface area (Å²) in [5.41, 5.74) is 1.05. The van der Waals surface area contributed by atoms with Crippen LogP contribution in [0.4, 0.5) is 5.69 Å². The van der Waals surface area contributed by atoms with Gasteiger partial charge in [-0.2, -0.15) is 10.2 Å². The van der Waals surface area contributed by atoms with Gasteiger partial charge in [-0.1, -0.05) is 0 Å². The van der Waals surface area contributed by atoms with Gasteiger partial charge in [0.15, 0.2) is 5.82 Å². The second kappa shape index (κ2) is 9.03. The smallest absolute Gasteiger partial charge is 0.270 e. The van der Waals surface area contributed by atoms with Crippen LogP contribution in [-0.2, 0) is 18.4 Å². The molecule has 180 valence electrons. The Morgan fingerprint density at radius 2 is 1.88 bits per heavy atom. The lowest BCUT2D eigenvalue weighted by Gasteiger charge is -2.27. The molecule has 3 heterocycles. The van der Waals surface area contributed by atoms with Crippen molar-refractivity contribution in [1.29, 1.82) is 0 Å². The summed E-state index contributed by atoms with van der Waals surface area (Å²) in [6.45, 7) is 4.40. The van der Waals surface area contributed by atoms with Crippen molar-refractivity contribution in [3.8, 4) is 0 Å². The third-order valence-corrected chi connectivity index (χ3v) is 6.69. The average molecular weight is 466 g/mol. The molecule has 2 fully saturated rings. The van der Waals surface area contributed by atoms with E-state index in [9.17, 15) is 9.59 Å². The Labute approximate surface area is 197 Å². The lowest BCUT2D eigenvalue weighted by atomic mass is 9.88. The number of carbonyl (C=O) groups is 2. The van der Waals surface area contributed by atoms with Crippen molar-refractivity contribution in [1.82, 2.24) is 39.6 Å². The first-order chi connectivity index (χ1) is 16.4. The summed E-state index contributed by atoms with van der Waals surface area (Å²) in [5.74, 6) is 1.40. The summed E-state index contributed by atoms with van der Waals surface area (Å²) in [7, 11) is 1.87. The predicted octanol–water partition coefficient (Wildman–Crippen LogP) is 2.01. The predicted molar refractivity (Wildman–Crippen MR) is 124 cm³/mol. The average Bonchev–Trinajstić information content (AvgIpc) is 3.68. The second-order valence-electron chi connectivity index (χ2n) is 9.73. The standard InChI is InChI=1S/C23H31N9O2/c1-14(2)32-18(8-9-25-32)22(33)28-21(20(15-4-5-15)16-6-7-16)23(34)27-17-10-26-31(11-17)12-19-29-24-13-30(19)3/h8-11,13-16,20-21H,4-7,12H2,1-3H3,(H,27,34)(H,28,33)/t21-/m0/s1. The summed E-state index contributed by atoms with van der Waals surface area (Å²) in [6.07, 6.45) is 11.1. The van der Waals surface area contributed by atoms with E-state index in [-0.39, 0.29) is 23.8 Å². The molecule has 3 aromatic heterocycles. The van der Waals surface area contributed by atoms with Gasteiger partial charge in [0.2, 0.25) is 5.91 Å². The van der Waals surface area contributed by atoms with Crippen LogP contribution < -0.4 is 10.6 Å². The first-order valence-corrected chi connectivity index (χ1v) is 11.9. The largest absolute Gasteiger partial charge is 0.339 e. The molecule has 0 aromatic carbocycles. The number of hydrogen-bond donors (Lipinski definition) is 2. The molecule has 11 heteroatoms. The van der Waals surface area contributed by atoms with Gasteiger partial charge in [0.05, 0.1) is 11.9 Å². The molecular formula is C23H31N9O2. The van der Waals surface area contributed by atoms with E-state index in [0.29, 0.717) is 29.8 Å². The van der Waals surface area contributed by atoms with Gasteiger partial charge >= 0.3 is 0 Å². The maximum atomic E-state index is 13.5. The highest BCUT2D eigenvalue weighted by atomic mass is 16.2. The Balaban J connectivity index is 1.33. The fourth-order valence-corrected chi connectivity index (χ4v) is 4.68. The molecule has 1 atom stereocenters. The Morgan fingerprint density at radius 1 is 1.15 bits per heavy atom. The lowest BCUT2D eigenvalue weighted by Crippen LogP contribution is -2.50. The van der Waals surface area contributed by atoms with Crippen LogP contribution in [0.15, 0.2) is 31.0 Å². The number of nitrogens with zero attached hydrogens (tertiary/aromatic N) is 7. The van der Waals surface area contributed by atoms with Crippen molar-refractivity contribution in [2.24, 2.45) is 24.8 Å². The molecule has 0 bridgehead atoms. The van der Waals surface area contributed by atoms with E-state index in [1.54, 1.807) is 40.3 Å². The second-order valence-corrected chi connectivity index (χ2v) is 9.73. The highest BCUT2D eigenvalue weighted by molar-refractivity contribution is 6.00. The molecule has 0 saturated heterocycles. The van der Waals surface area contributed by atoms with Gasteiger partial charge in [0.25, 0.3) is 5.91 Å². The Kier molecular flexibility index (Phi) is 5.93. The molecule has 3 aromatic rings. The van der Waals surface area contributed by atoms with Gasteiger partial charge in [0, 0.05) is 25.5 Å². The van der Waals surface area contributed by atoms with E-state index in [2.05, 4.69) is 31.0 Å². The third-order valence-electron chi connectivity index (χ3n) is 6.69. The van der Waals surface area contributed by atoms with E-state index >= 15 is 0 Å². The summed E-state index contributed by atoms with van der Waals surface area (Å²) >= 11 is 0. The molecule has 0 spiro atoms. The van der Waals surface area contributed by atoms with Crippen molar-refractivity contribution in [3.63, 3.8) is 0 Å². The van der Waals surface area contributed by atoms with Crippen LogP contribution in [0.25, 0.3) is 0 Å². The van der Waals surface area contributed by atoms with Crippen molar-refractivity contribution in [3.05, 3.63) is 42.5 Å².